The van der Waals surface area contributed by atoms with Crippen molar-refractivity contribution in [3.8, 4) is 0 Å². The SMILES string of the molecule is CCC1(C)CCN(S(=O)(=O)C(C)C)CC1. The number of hydrogen-bond acceptors (Lipinski definition) is 2. The van der Waals surface area contributed by atoms with Crippen LogP contribution in [0, 0.1) is 5.41 Å². The van der Waals surface area contributed by atoms with Crippen LogP contribution in [-0.2, 0) is 10.0 Å². The van der Waals surface area contributed by atoms with E-state index in [9.17, 15) is 8.42 Å². The second kappa shape index (κ2) is 4.42. The Balaban J connectivity index is 2.66. The van der Waals surface area contributed by atoms with Crippen molar-refractivity contribution in [2.75, 3.05) is 13.1 Å². The molecule has 0 saturated carbocycles. The highest BCUT2D eigenvalue weighted by Crippen LogP contribution is 2.35. The second-order valence-corrected chi connectivity index (χ2v) is 7.65. The van der Waals surface area contributed by atoms with Crippen molar-refractivity contribution in [2.24, 2.45) is 5.41 Å². The zero-order valence-corrected chi connectivity index (χ0v) is 11.1. The normalized spacial score (nSPS) is 23.3. The number of piperidine rings is 1. The molecule has 1 aliphatic rings. The first-order valence-electron chi connectivity index (χ1n) is 5.81. The van der Waals surface area contributed by atoms with Crippen molar-refractivity contribution in [1.82, 2.24) is 4.31 Å². The molecule has 1 saturated heterocycles. The maximum atomic E-state index is 11.9. The molecule has 0 aliphatic carbocycles. The highest BCUT2D eigenvalue weighted by molar-refractivity contribution is 7.89. The molecular formula is C11H23NO2S. The first-order valence-corrected chi connectivity index (χ1v) is 7.31. The minimum atomic E-state index is -3.03. The molecule has 0 unspecified atom stereocenters. The molecule has 1 aliphatic heterocycles. The van der Waals surface area contributed by atoms with Crippen LogP contribution in [0.4, 0.5) is 0 Å². The number of sulfonamides is 1. The Kier molecular flexibility index (Phi) is 3.82. The molecule has 0 spiro atoms. The van der Waals surface area contributed by atoms with Gasteiger partial charge in [0.25, 0.3) is 0 Å². The predicted octanol–water partition coefficient (Wildman–Crippen LogP) is 2.24. The summed E-state index contributed by atoms with van der Waals surface area (Å²) < 4.78 is 25.5. The molecule has 0 aromatic heterocycles. The summed E-state index contributed by atoms with van der Waals surface area (Å²) in [4.78, 5) is 0. The summed E-state index contributed by atoms with van der Waals surface area (Å²) in [6, 6.07) is 0. The van der Waals surface area contributed by atoms with Gasteiger partial charge in [-0.1, -0.05) is 20.3 Å². The predicted molar refractivity (Wildman–Crippen MR) is 63.3 cm³/mol. The van der Waals surface area contributed by atoms with E-state index < -0.39 is 10.0 Å². The molecule has 0 radical (unpaired) electrons. The van der Waals surface area contributed by atoms with Crippen LogP contribution in [0.5, 0.6) is 0 Å². The molecule has 1 rings (SSSR count). The van der Waals surface area contributed by atoms with Crippen molar-refractivity contribution in [1.29, 1.82) is 0 Å². The minimum absolute atomic E-state index is 0.288. The van der Waals surface area contributed by atoms with Crippen LogP contribution in [0.3, 0.4) is 0 Å². The Labute approximate surface area is 93.9 Å². The van der Waals surface area contributed by atoms with Crippen molar-refractivity contribution in [2.45, 2.75) is 52.2 Å². The van der Waals surface area contributed by atoms with Gasteiger partial charge in [0, 0.05) is 13.1 Å². The lowest BCUT2D eigenvalue weighted by Gasteiger charge is -2.38. The van der Waals surface area contributed by atoms with Gasteiger partial charge in [-0.3, -0.25) is 0 Å². The topological polar surface area (TPSA) is 37.4 Å². The molecule has 1 fully saturated rings. The van der Waals surface area contributed by atoms with Crippen LogP contribution >= 0.6 is 0 Å². The third kappa shape index (κ3) is 2.72. The molecule has 1 heterocycles. The van der Waals surface area contributed by atoms with Gasteiger partial charge in [0.15, 0.2) is 0 Å². The van der Waals surface area contributed by atoms with Gasteiger partial charge in [0.2, 0.25) is 10.0 Å². The van der Waals surface area contributed by atoms with E-state index in [1.54, 1.807) is 18.2 Å². The molecule has 3 nitrogen and oxygen atoms in total. The van der Waals surface area contributed by atoms with E-state index in [0.717, 1.165) is 19.3 Å². The van der Waals surface area contributed by atoms with Crippen molar-refractivity contribution >= 4 is 10.0 Å². The molecule has 15 heavy (non-hydrogen) atoms. The van der Waals surface area contributed by atoms with Crippen LogP contribution in [0.2, 0.25) is 0 Å². The number of hydrogen-bond donors (Lipinski definition) is 0. The molecular weight excluding hydrogens is 210 g/mol. The van der Waals surface area contributed by atoms with Crippen LogP contribution in [0.25, 0.3) is 0 Å². The van der Waals surface area contributed by atoms with Crippen LogP contribution in [0.15, 0.2) is 0 Å². The van der Waals surface area contributed by atoms with Gasteiger partial charge in [-0.25, -0.2) is 12.7 Å². The highest BCUT2D eigenvalue weighted by Gasteiger charge is 2.34. The minimum Gasteiger partial charge on any atom is -0.212 e. The van der Waals surface area contributed by atoms with Crippen molar-refractivity contribution in [3.63, 3.8) is 0 Å². The maximum absolute atomic E-state index is 11.9. The van der Waals surface area contributed by atoms with Crippen molar-refractivity contribution in [3.05, 3.63) is 0 Å². The third-order valence-corrected chi connectivity index (χ3v) is 6.02. The van der Waals surface area contributed by atoms with E-state index in [0.29, 0.717) is 18.5 Å². The Hall–Kier alpha value is -0.0900. The zero-order chi connectivity index (χ0) is 11.7. The number of nitrogens with zero attached hydrogens (tertiary/aromatic N) is 1. The van der Waals surface area contributed by atoms with E-state index in [-0.39, 0.29) is 5.25 Å². The van der Waals surface area contributed by atoms with Gasteiger partial charge in [-0.2, -0.15) is 0 Å². The van der Waals surface area contributed by atoms with E-state index in [4.69, 9.17) is 0 Å². The molecule has 0 aromatic carbocycles. The summed E-state index contributed by atoms with van der Waals surface area (Å²) in [5.41, 5.74) is 0.350. The lowest BCUT2D eigenvalue weighted by molar-refractivity contribution is 0.168. The molecule has 0 bridgehead atoms. The molecule has 0 aromatic rings. The maximum Gasteiger partial charge on any atom is 0.216 e. The fourth-order valence-corrected chi connectivity index (χ4v) is 3.22. The average molecular weight is 233 g/mol. The number of rotatable bonds is 3. The molecule has 0 atom stereocenters. The van der Waals surface area contributed by atoms with Gasteiger partial charge in [-0.15, -0.1) is 0 Å². The van der Waals surface area contributed by atoms with Crippen LogP contribution in [-0.4, -0.2) is 31.1 Å². The molecule has 90 valence electrons. The van der Waals surface area contributed by atoms with E-state index in [1.807, 2.05) is 0 Å². The second-order valence-electron chi connectivity index (χ2n) is 5.16. The van der Waals surface area contributed by atoms with Gasteiger partial charge in [-0.05, 0) is 32.1 Å². The monoisotopic (exact) mass is 233 g/mol. The van der Waals surface area contributed by atoms with Gasteiger partial charge < -0.3 is 0 Å². The molecule has 0 N–H and O–H groups in total. The third-order valence-electron chi connectivity index (χ3n) is 3.74. The summed E-state index contributed by atoms with van der Waals surface area (Å²) >= 11 is 0. The summed E-state index contributed by atoms with van der Waals surface area (Å²) in [6.45, 7) is 9.35. The fraction of sp³-hybridized carbons (Fsp3) is 1.00. The summed E-state index contributed by atoms with van der Waals surface area (Å²) in [5, 5.41) is -0.288. The molecule has 0 amide bonds. The van der Waals surface area contributed by atoms with Crippen LogP contribution in [0.1, 0.15) is 47.0 Å². The highest BCUT2D eigenvalue weighted by atomic mass is 32.2. The smallest absolute Gasteiger partial charge is 0.212 e. The quantitative estimate of drug-likeness (QED) is 0.749. The van der Waals surface area contributed by atoms with Gasteiger partial charge in [0.1, 0.15) is 0 Å². The fourth-order valence-electron chi connectivity index (χ4n) is 1.93. The Morgan fingerprint density at radius 1 is 1.27 bits per heavy atom. The first kappa shape index (κ1) is 13.0. The Morgan fingerprint density at radius 2 is 1.73 bits per heavy atom. The standard InChI is InChI=1S/C11H23NO2S/c1-5-11(4)6-8-12(9-7-11)15(13,14)10(2)3/h10H,5-9H2,1-4H3. The van der Waals surface area contributed by atoms with E-state index in [2.05, 4.69) is 13.8 Å². The summed E-state index contributed by atoms with van der Waals surface area (Å²) in [5.74, 6) is 0. The lowest BCUT2D eigenvalue weighted by Crippen LogP contribution is -2.44. The average Bonchev–Trinajstić information content (AvgIpc) is 2.18. The van der Waals surface area contributed by atoms with E-state index >= 15 is 0 Å². The Bertz CT molecular complexity index is 301. The van der Waals surface area contributed by atoms with Crippen LogP contribution < -0.4 is 0 Å². The van der Waals surface area contributed by atoms with Gasteiger partial charge >= 0.3 is 0 Å². The first-order chi connectivity index (χ1) is 6.82. The molecule has 4 heteroatoms. The van der Waals surface area contributed by atoms with Gasteiger partial charge in [0.05, 0.1) is 5.25 Å². The zero-order valence-electron chi connectivity index (χ0n) is 10.3. The summed E-state index contributed by atoms with van der Waals surface area (Å²) in [7, 11) is -3.03. The lowest BCUT2D eigenvalue weighted by atomic mass is 9.79. The Morgan fingerprint density at radius 3 is 2.07 bits per heavy atom. The van der Waals surface area contributed by atoms with E-state index in [1.165, 1.54) is 0 Å². The van der Waals surface area contributed by atoms with Crippen molar-refractivity contribution < 1.29 is 8.42 Å². The summed E-state index contributed by atoms with van der Waals surface area (Å²) in [6.07, 6.45) is 3.13. The largest absolute Gasteiger partial charge is 0.216 e.